The molecule has 2 heterocycles. The quantitative estimate of drug-likeness (QED) is 0.513. The van der Waals surface area contributed by atoms with Crippen molar-refractivity contribution in [2.45, 2.75) is 18.8 Å². The summed E-state index contributed by atoms with van der Waals surface area (Å²) in [7, 11) is 0. The fraction of sp³-hybridized carbons (Fsp3) is 0.238. The first-order valence-electron chi connectivity index (χ1n) is 9.57. The first-order chi connectivity index (χ1) is 14.4. The zero-order chi connectivity index (χ0) is 21.3. The average Bonchev–Trinajstić information content (AvgIpc) is 3.20. The normalized spacial score (nSPS) is 16.4. The van der Waals surface area contributed by atoms with Crippen LogP contribution in [0.5, 0.6) is 0 Å². The minimum atomic E-state index is -0.656. The van der Waals surface area contributed by atoms with Gasteiger partial charge in [0.15, 0.2) is 0 Å². The highest BCUT2D eigenvalue weighted by atomic mass is 19.1. The molecule has 3 aromatic rings. The molecule has 0 bridgehead atoms. The highest BCUT2D eigenvalue weighted by Crippen LogP contribution is 2.35. The van der Waals surface area contributed by atoms with E-state index in [0.29, 0.717) is 30.0 Å². The van der Waals surface area contributed by atoms with Crippen LogP contribution in [-0.2, 0) is 0 Å². The number of nitrogens with two attached hydrogens (primary N) is 1. The fourth-order valence-electron chi connectivity index (χ4n) is 3.92. The Morgan fingerprint density at radius 3 is 2.70 bits per heavy atom. The molecular formula is C21H20FN5O3. The number of anilines is 1. The van der Waals surface area contributed by atoms with Crippen molar-refractivity contribution in [2.75, 3.05) is 18.0 Å². The van der Waals surface area contributed by atoms with Crippen molar-refractivity contribution in [3.05, 3.63) is 81.9 Å². The molecule has 1 amide bonds. The van der Waals surface area contributed by atoms with Crippen LogP contribution >= 0.6 is 0 Å². The Kier molecular flexibility index (Phi) is 5.18. The summed E-state index contributed by atoms with van der Waals surface area (Å²) in [6.07, 6.45) is 3.12. The molecule has 1 saturated heterocycles. The summed E-state index contributed by atoms with van der Waals surface area (Å²) in [6, 6.07) is 12.9. The molecule has 1 aromatic heterocycles. The second-order valence-corrected chi connectivity index (χ2v) is 7.25. The Labute approximate surface area is 171 Å². The highest BCUT2D eigenvalue weighted by molar-refractivity contribution is 5.94. The predicted molar refractivity (Wildman–Crippen MR) is 109 cm³/mol. The zero-order valence-electron chi connectivity index (χ0n) is 16.1. The SMILES string of the molecule is NC(=O)c1cn(-c2ccccc2)nc1[C@@H]1CCCN(c2ccc(F)cc2[N+](=O)[O-])C1. The monoisotopic (exact) mass is 409 g/mol. The van der Waals surface area contributed by atoms with Crippen molar-refractivity contribution in [3.8, 4) is 5.69 Å². The lowest BCUT2D eigenvalue weighted by Crippen LogP contribution is -2.35. The highest BCUT2D eigenvalue weighted by Gasteiger charge is 2.30. The first kappa shape index (κ1) is 19.6. The van der Waals surface area contributed by atoms with Crippen LogP contribution in [0.15, 0.2) is 54.7 Å². The van der Waals surface area contributed by atoms with Crippen LogP contribution in [0.2, 0.25) is 0 Å². The van der Waals surface area contributed by atoms with E-state index in [0.717, 1.165) is 24.6 Å². The van der Waals surface area contributed by atoms with E-state index in [1.807, 2.05) is 35.2 Å². The number of nitro groups is 1. The smallest absolute Gasteiger partial charge is 0.295 e. The van der Waals surface area contributed by atoms with Crippen LogP contribution in [-0.4, -0.2) is 33.7 Å². The Hall–Kier alpha value is -3.75. The number of aromatic nitrogens is 2. The van der Waals surface area contributed by atoms with Gasteiger partial charge in [-0.25, -0.2) is 9.07 Å². The van der Waals surface area contributed by atoms with Gasteiger partial charge in [-0.3, -0.25) is 14.9 Å². The van der Waals surface area contributed by atoms with Crippen LogP contribution in [0.4, 0.5) is 15.8 Å². The molecule has 1 aliphatic heterocycles. The molecule has 154 valence electrons. The molecule has 0 radical (unpaired) electrons. The van der Waals surface area contributed by atoms with E-state index in [1.165, 1.54) is 12.1 Å². The number of benzene rings is 2. The number of carbonyl (C=O) groups excluding carboxylic acids is 1. The Balaban J connectivity index is 1.68. The van der Waals surface area contributed by atoms with Crippen molar-refractivity contribution >= 4 is 17.3 Å². The predicted octanol–water partition coefficient (Wildman–Crippen LogP) is 3.40. The average molecular weight is 409 g/mol. The summed E-state index contributed by atoms with van der Waals surface area (Å²) in [5.41, 5.74) is 7.38. The standard InChI is InChI=1S/C21H20FN5O3/c22-15-8-9-18(19(11-15)27(29)30)25-10-4-5-14(12-25)20-17(21(23)28)13-26(24-20)16-6-2-1-3-7-16/h1-3,6-9,11,13-14H,4-5,10,12H2,(H2,23,28)/t14-/m1/s1. The number of hydrogen-bond acceptors (Lipinski definition) is 5. The number of amides is 1. The number of carbonyl (C=O) groups is 1. The summed E-state index contributed by atoms with van der Waals surface area (Å²) in [6.45, 7) is 1.01. The molecule has 0 spiro atoms. The number of primary amides is 1. The van der Waals surface area contributed by atoms with E-state index < -0.39 is 16.6 Å². The molecule has 1 aliphatic rings. The van der Waals surface area contributed by atoms with Gasteiger partial charge in [-0.05, 0) is 37.1 Å². The van der Waals surface area contributed by atoms with E-state index in [1.54, 1.807) is 10.9 Å². The molecule has 1 fully saturated rings. The van der Waals surface area contributed by atoms with Gasteiger partial charge in [-0.15, -0.1) is 0 Å². The third-order valence-corrected chi connectivity index (χ3v) is 5.31. The van der Waals surface area contributed by atoms with Crippen LogP contribution in [0.25, 0.3) is 5.69 Å². The van der Waals surface area contributed by atoms with Crippen molar-refractivity contribution in [1.29, 1.82) is 0 Å². The number of para-hydroxylation sites is 1. The molecule has 1 atom stereocenters. The van der Waals surface area contributed by atoms with Crippen molar-refractivity contribution in [3.63, 3.8) is 0 Å². The number of rotatable bonds is 5. The fourth-order valence-corrected chi connectivity index (χ4v) is 3.92. The summed E-state index contributed by atoms with van der Waals surface area (Å²) >= 11 is 0. The van der Waals surface area contributed by atoms with Gasteiger partial charge in [-0.1, -0.05) is 18.2 Å². The van der Waals surface area contributed by atoms with Gasteiger partial charge in [0.05, 0.1) is 27.9 Å². The summed E-state index contributed by atoms with van der Waals surface area (Å²) in [5, 5.41) is 16.0. The molecule has 8 nitrogen and oxygen atoms in total. The molecule has 2 aromatic carbocycles. The molecule has 2 N–H and O–H groups in total. The maximum atomic E-state index is 13.5. The van der Waals surface area contributed by atoms with E-state index in [9.17, 15) is 19.3 Å². The second-order valence-electron chi connectivity index (χ2n) is 7.25. The van der Waals surface area contributed by atoms with E-state index in [2.05, 4.69) is 5.10 Å². The summed E-state index contributed by atoms with van der Waals surface area (Å²) < 4.78 is 15.2. The van der Waals surface area contributed by atoms with Gasteiger partial charge < -0.3 is 10.6 Å². The lowest BCUT2D eigenvalue weighted by atomic mass is 9.92. The van der Waals surface area contributed by atoms with Gasteiger partial charge in [0.2, 0.25) is 0 Å². The topological polar surface area (TPSA) is 107 Å². The molecule has 0 saturated carbocycles. The third-order valence-electron chi connectivity index (χ3n) is 5.31. The van der Waals surface area contributed by atoms with Crippen LogP contribution in [0, 0.1) is 15.9 Å². The lowest BCUT2D eigenvalue weighted by Gasteiger charge is -2.33. The molecular weight excluding hydrogens is 389 g/mol. The Morgan fingerprint density at radius 2 is 2.00 bits per heavy atom. The summed E-state index contributed by atoms with van der Waals surface area (Å²) in [5.74, 6) is -1.37. The summed E-state index contributed by atoms with van der Waals surface area (Å²) in [4.78, 5) is 24.7. The van der Waals surface area contributed by atoms with Crippen molar-refractivity contribution in [1.82, 2.24) is 9.78 Å². The van der Waals surface area contributed by atoms with Crippen LogP contribution < -0.4 is 10.6 Å². The number of halogens is 1. The maximum Gasteiger partial charge on any atom is 0.295 e. The second kappa shape index (κ2) is 7.94. The number of piperidine rings is 1. The molecule has 9 heteroatoms. The minimum Gasteiger partial charge on any atom is -0.365 e. The first-order valence-corrected chi connectivity index (χ1v) is 9.57. The van der Waals surface area contributed by atoms with Crippen molar-refractivity contribution in [2.24, 2.45) is 5.73 Å². The largest absolute Gasteiger partial charge is 0.365 e. The lowest BCUT2D eigenvalue weighted by molar-refractivity contribution is -0.384. The third kappa shape index (κ3) is 3.73. The van der Waals surface area contributed by atoms with Crippen LogP contribution in [0.1, 0.15) is 34.8 Å². The molecule has 30 heavy (non-hydrogen) atoms. The van der Waals surface area contributed by atoms with Gasteiger partial charge in [0, 0.05) is 25.2 Å². The number of nitrogens with zero attached hydrogens (tertiary/aromatic N) is 4. The Morgan fingerprint density at radius 1 is 1.23 bits per heavy atom. The van der Waals surface area contributed by atoms with Crippen LogP contribution in [0.3, 0.4) is 0 Å². The van der Waals surface area contributed by atoms with Crippen molar-refractivity contribution < 1.29 is 14.1 Å². The van der Waals surface area contributed by atoms with Gasteiger partial charge in [-0.2, -0.15) is 5.10 Å². The maximum absolute atomic E-state index is 13.5. The number of hydrogen-bond donors (Lipinski definition) is 1. The minimum absolute atomic E-state index is 0.143. The van der Waals surface area contributed by atoms with E-state index in [4.69, 9.17) is 5.73 Å². The zero-order valence-corrected chi connectivity index (χ0v) is 16.1. The van der Waals surface area contributed by atoms with Gasteiger partial charge >= 0.3 is 0 Å². The Bertz CT molecular complexity index is 1100. The van der Waals surface area contributed by atoms with Gasteiger partial charge in [0.25, 0.3) is 11.6 Å². The molecule has 0 unspecified atom stereocenters. The van der Waals surface area contributed by atoms with Gasteiger partial charge in [0.1, 0.15) is 11.5 Å². The molecule has 0 aliphatic carbocycles. The molecule has 4 rings (SSSR count). The van der Waals surface area contributed by atoms with E-state index in [-0.39, 0.29) is 11.6 Å². The number of nitro benzene ring substituents is 1. The van der Waals surface area contributed by atoms with E-state index >= 15 is 0 Å².